The Kier molecular flexibility index (Phi) is 5.33. The van der Waals surface area contributed by atoms with Crippen LogP contribution in [0.25, 0.3) is 0 Å². The van der Waals surface area contributed by atoms with Crippen molar-refractivity contribution in [2.24, 2.45) is 0 Å². The number of nitrogens with zero attached hydrogens (tertiary/aromatic N) is 1. The lowest BCUT2D eigenvalue weighted by Gasteiger charge is -2.23. The van der Waals surface area contributed by atoms with Crippen molar-refractivity contribution in [3.05, 3.63) is 0 Å². The number of hydrogen-bond donors (Lipinski definition) is 1. The van der Waals surface area contributed by atoms with Crippen molar-refractivity contribution in [2.75, 3.05) is 31.6 Å². The maximum absolute atomic E-state index is 11.7. The van der Waals surface area contributed by atoms with Gasteiger partial charge in [-0.15, -0.1) is 0 Å². The molecule has 0 radical (unpaired) electrons. The van der Waals surface area contributed by atoms with Gasteiger partial charge in [-0.2, -0.15) is 11.8 Å². The van der Waals surface area contributed by atoms with Gasteiger partial charge in [-0.25, -0.2) is 0 Å². The molecule has 0 aromatic rings. The lowest BCUT2D eigenvalue weighted by Crippen LogP contribution is -2.39. The van der Waals surface area contributed by atoms with Crippen LogP contribution in [0.3, 0.4) is 0 Å². The number of rotatable bonds is 5. The number of amides is 1. The molecule has 1 unspecified atom stereocenters. The van der Waals surface area contributed by atoms with Crippen LogP contribution in [-0.4, -0.2) is 48.5 Å². The molecule has 1 amide bonds. The monoisotopic (exact) mass is 216 g/mol. The fraction of sp³-hybridized carbons (Fsp3) is 0.900. The van der Waals surface area contributed by atoms with E-state index in [-0.39, 0.29) is 5.91 Å². The second-order valence-electron chi connectivity index (χ2n) is 3.70. The van der Waals surface area contributed by atoms with E-state index in [1.807, 2.05) is 11.9 Å². The van der Waals surface area contributed by atoms with E-state index in [2.05, 4.69) is 12.2 Å². The number of thioether (sulfide) groups is 1. The van der Waals surface area contributed by atoms with Crippen LogP contribution in [0.1, 0.15) is 19.8 Å². The van der Waals surface area contributed by atoms with Gasteiger partial charge < -0.3 is 10.2 Å². The fourth-order valence-corrected chi connectivity index (χ4v) is 2.39. The first-order chi connectivity index (χ1) is 6.75. The molecule has 0 spiro atoms. The van der Waals surface area contributed by atoms with Gasteiger partial charge >= 0.3 is 0 Å². The lowest BCUT2D eigenvalue weighted by molar-refractivity contribution is -0.128. The molecule has 0 aromatic heterocycles. The molecule has 0 aromatic carbocycles. The molecular weight excluding hydrogens is 196 g/mol. The summed E-state index contributed by atoms with van der Waals surface area (Å²) in [5.41, 5.74) is 0. The average Bonchev–Trinajstić information content (AvgIpc) is 2.69. The lowest BCUT2D eigenvalue weighted by atomic mass is 10.2. The zero-order valence-corrected chi connectivity index (χ0v) is 9.90. The molecule has 14 heavy (non-hydrogen) atoms. The summed E-state index contributed by atoms with van der Waals surface area (Å²) in [5.74, 6) is 2.00. The molecule has 1 atom stereocenters. The van der Waals surface area contributed by atoms with Gasteiger partial charge in [0.1, 0.15) is 0 Å². The van der Waals surface area contributed by atoms with Crippen LogP contribution < -0.4 is 5.32 Å². The molecule has 3 nitrogen and oxygen atoms in total. The Morgan fingerprint density at radius 1 is 1.64 bits per heavy atom. The summed E-state index contributed by atoms with van der Waals surface area (Å²) in [4.78, 5) is 13.6. The molecule has 1 rings (SSSR count). The molecule has 1 aliphatic rings. The van der Waals surface area contributed by atoms with Crippen LogP contribution in [-0.2, 0) is 4.79 Å². The second kappa shape index (κ2) is 6.30. The van der Waals surface area contributed by atoms with Gasteiger partial charge in [-0.05, 0) is 25.1 Å². The largest absolute Gasteiger partial charge is 0.341 e. The van der Waals surface area contributed by atoms with E-state index in [1.165, 1.54) is 0 Å². The first-order valence-corrected chi connectivity index (χ1v) is 6.45. The smallest absolute Gasteiger partial charge is 0.232 e. The van der Waals surface area contributed by atoms with Gasteiger partial charge in [-0.1, -0.05) is 6.92 Å². The minimum absolute atomic E-state index is 0.275. The summed E-state index contributed by atoms with van der Waals surface area (Å²) >= 11 is 1.74. The average molecular weight is 216 g/mol. The number of nitrogens with one attached hydrogen (secondary N) is 1. The van der Waals surface area contributed by atoms with E-state index in [0.29, 0.717) is 11.8 Å². The maximum atomic E-state index is 11.7. The van der Waals surface area contributed by atoms with Crippen LogP contribution in [0.5, 0.6) is 0 Å². The number of carbonyl (C=O) groups excluding carboxylic acids is 1. The van der Waals surface area contributed by atoms with E-state index in [1.54, 1.807) is 11.8 Å². The van der Waals surface area contributed by atoms with Crippen LogP contribution in [0.2, 0.25) is 0 Å². The zero-order valence-electron chi connectivity index (χ0n) is 9.08. The summed E-state index contributed by atoms with van der Waals surface area (Å²) in [6.45, 7) is 4.15. The number of carbonyl (C=O) groups is 1. The molecule has 0 aliphatic carbocycles. The highest BCUT2D eigenvalue weighted by Gasteiger charge is 2.22. The SMILES string of the molecule is CCCSCC(=O)N(C)C1CCNC1. The third-order valence-corrected chi connectivity index (χ3v) is 3.70. The molecule has 1 aliphatic heterocycles. The molecule has 0 saturated carbocycles. The van der Waals surface area contributed by atoms with Crippen LogP contribution >= 0.6 is 11.8 Å². The molecule has 1 saturated heterocycles. The molecule has 82 valence electrons. The fourth-order valence-electron chi connectivity index (χ4n) is 1.58. The van der Waals surface area contributed by atoms with Gasteiger partial charge in [0.25, 0.3) is 0 Å². The minimum Gasteiger partial charge on any atom is -0.341 e. The van der Waals surface area contributed by atoms with Crippen LogP contribution in [0, 0.1) is 0 Å². The summed E-state index contributed by atoms with van der Waals surface area (Å²) in [7, 11) is 1.92. The highest BCUT2D eigenvalue weighted by molar-refractivity contribution is 7.99. The van der Waals surface area contributed by atoms with Crippen molar-refractivity contribution in [3.63, 3.8) is 0 Å². The van der Waals surface area contributed by atoms with Crippen molar-refractivity contribution < 1.29 is 4.79 Å². The van der Waals surface area contributed by atoms with Gasteiger partial charge in [0.15, 0.2) is 0 Å². The Balaban J connectivity index is 2.21. The van der Waals surface area contributed by atoms with Crippen LogP contribution in [0.15, 0.2) is 0 Å². The number of likely N-dealkylation sites (N-methyl/N-ethyl adjacent to an activating group) is 1. The third-order valence-electron chi connectivity index (χ3n) is 2.55. The second-order valence-corrected chi connectivity index (χ2v) is 4.81. The van der Waals surface area contributed by atoms with E-state index in [0.717, 1.165) is 31.7 Å². The molecule has 0 bridgehead atoms. The van der Waals surface area contributed by atoms with E-state index >= 15 is 0 Å². The molecule has 1 N–H and O–H groups in total. The topological polar surface area (TPSA) is 32.3 Å². The molecule has 4 heteroatoms. The van der Waals surface area contributed by atoms with E-state index in [9.17, 15) is 4.79 Å². The summed E-state index contributed by atoms with van der Waals surface area (Å²) < 4.78 is 0. The van der Waals surface area contributed by atoms with Gasteiger partial charge in [0.05, 0.1) is 5.75 Å². The highest BCUT2D eigenvalue weighted by atomic mass is 32.2. The normalized spacial score (nSPS) is 21.1. The van der Waals surface area contributed by atoms with Crippen molar-refractivity contribution in [1.82, 2.24) is 10.2 Å². The first-order valence-electron chi connectivity index (χ1n) is 5.29. The van der Waals surface area contributed by atoms with E-state index in [4.69, 9.17) is 0 Å². The van der Waals surface area contributed by atoms with Gasteiger partial charge in [0.2, 0.25) is 5.91 Å². The Morgan fingerprint density at radius 3 is 3.00 bits per heavy atom. The van der Waals surface area contributed by atoms with Gasteiger partial charge in [0, 0.05) is 19.6 Å². The summed E-state index contributed by atoms with van der Waals surface area (Å²) in [5, 5.41) is 3.27. The highest BCUT2D eigenvalue weighted by Crippen LogP contribution is 2.09. The summed E-state index contributed by atoms with van der Waals surface area (Å²) in [6, 6.07) is 0.421. The van der Waals surface area contributed by atoms with Crippen LogP contribution in [0.4, 0.5) is 0 Å². The standard InChI is InChI=1S/C10H20N2OS/c1-3-6-14-8-10(13)12(2)9-4-5-11-7-9/h9,11H,3-8H2,1-2H3. The predicted octanol–water partition coefficient (Wildman–Crippen LogP) is 0.950. The molecular formula is C10H20N2OS. The van der Waals surface area contributed by atoms with E-state index < -0.39 is 0 Å². The summed E-state index contributed by atoms with van der Waals surface area (Å²) in [6.07, 6.45) is 2.24. The van der Waals surface area contributed by atoms with Crippen molar-refractivity contribution in [2.45, 2.75) is 25.8 Å². The quantitative estimate of drug-likeness (QED) is 0.695. The van der Waals surface area contributed by atoms with Gasteiger partial charge in [-0.3, -0.25) is 4.79 Å². The molecule has 1 fully saturated rings. The maximum Gasteiger partial charge on any atom is 0.232 e. The Morgan fingerprint density at radius 2 is 2.43 bits per heavy atom. The Hall–Kier alpha value is -0.220. The predicted molar refractivity (Wildman–Crippen MR) is 61.7 cm³/mol. The number of hydrogen-bond acceptors (Lipinski definition) is 3. The molecule has 1 heterocycles. The zero-order chi connectivity index (χ0) is 10.4. The Bertz CT molecular complexity index is 181. The van der Waals surface area contributed by atoms with Crippen molar-refractivity contribution >= 4 is 17.7 Å². The first kappa shape index (κ1) is 11.9. The minimum atomic E-state index is 0.275. The Labute approximate surface area is 90.6 Å². The van der Waals surface area contributed by atoms with Crippen molar-refractivity contribution in [1.29, 1.82) is 0 Å². The third kappa shape index (κ3) is 3.50. The van der Waals surface area contributed by atoms with Crippen molar-refractivity contribution in [3.8, 4) is 0 Å².